The lowest BCUT2D eigenvalue weighted by Gasteiger charge is -2.23. The van der Waals surface area contributed by atoms with E-state index in [0.29, 0.717) is 11.6 Å². The molecule has 3 aromatic heterocycles. The first-order chi connectivity index (χ1) is 16.2. The highest BCUT2D eigenvalue weighted by Crippen LogP contribution is 2.28. The van der Waals surface area contributed by atoms with Crippen LogP contribution in [0.25, 0.3) is 11.5 Å². The maximum atomic E-state index is 13.2. The molecule has 3 N–H and O–H groups in total. The molecule has 184 valence electrons. The van der Waals surface area contributed by atoms with Crippen LogP contribution in [-0.4, -0.2) is 81.0 Å². The minimum Gasteiger partial charge on any atom is -0.481 e. The number of nitrogens with zero attached hydrogens (tertiary/aromatic N) is 6. The largest absolute Gasteiger partial charge is 0.481 e. The van der Waals surface area contributed by atoms with Crippen molar-refractivity contribution < 1.29 is 28.1 Å². The molecule has 34 heavy (non-hydrogen) atoms. The van der Waals surface area contributed by atoms with E-state index < -0.39 is 40.6 Å². The predicted molar refractivity (Wildman–Crippen MR) is 122 cm³/mol. The summed E-state index contributed by atoms with van der Waals surface area (Å²) in [6.45, 7) is 0.374. The minimum atomic E-state index is -4.16. The van der Waals surface area contributed by atoms with Crippen molar-refractivity contribution in [3.05, 3.63) is 41.4 Å². The lowest BCUT2D eigenvalue weighted by atomic mass is 10.2. The monoisotopic (exact) mass is 513 g/mol. The van der Waals surface area contributed by atoms with Gasteiger partial charge in [0.2, 0.25) is 21.9 Å². The zero-order valence-corrected chi connectivity index (χ0v) is 20.1. The highest BCUT2D eigenvalue weighted by molar-refractivity contribution is 7.93. The van der Waals surface area contributed by atoms with Gasteiger partial charge in [0.05, 0.1) is 31.4 Å². The van der Waals surface area contributed by atoms with Gasteiger partial charge < -0.3 is 19.7 Å². The second-order valence-electron chi connectivity index (χ2n) is 7.07. The summed E-state index contributed by atoms with van der Waals surface area (Å²) in [5, 5.41) is 26.7. The molecule has 0 aromatic carbocycles. The summed E-state index contributed by atoms with van der Waals surface area (Å²) in [6.07, 6.45) is 1.64. The maximum Gasteiger partial charge on any atom is 0.240 e. The van der Waals surface area contributed by atoms with Crippen LogP contribution in [0.3, 0.4) is 0 Å². The van der Waals surface area contributed by atoms with Gasteiger partial charge in [-0.15, -0.1) is 10.2 Å². The van der Waals surface area contributed by atoms with Crippen LogP contribution in [0.4, 0.5) is 5.95 Å². The van der Waals surface area contributed by atoms with Crippen LogP contribution in [0.5, 0.6) is 5.88 Å². The van der Waals surface area contributed by atoms with Gasteiger partial charge in [0, 0.05) is 25.6 Å². The third kappa shape index (κ3) is 5.42. The molecule has 0 aliphatic carbocycles. The number of halogens is 1. The highest BCUT2D eigenvalue weighted by atomic mass is 35.5. The first-order valence-electron chi connectivity index (χ1n) is 9.95. The number of ether oxygens (including phenoxy) is 2. The Hall–Kier alpha value is -2.91. The Morgan fingerprint density at radius 2 is 1.82 bits per heavy atom. The van der Waals surface area contributed by atoms with Crippen LogP contribution in [0, 0.1) is 0 Å². The molecule has 0 fully saturated rings. The number of sulfonamides is 1. The van der Waals surface area contributed by atoms with Crippen LogP contribution >= 0.6 is 11.6 Å². The summed E-state index contributed by atoms with van der Waals surface area (Å²) in [4.78, 5) is 12.4. The molecule has 0 saturated heterocycles. The quantitative estimate of drug-likeness (QED) is 0.331. The van der Waals surface area contributed by atoms with E-state index in [0.717, 1.165) is 0 Å². The van der Waals surface area contributed by atoms with E-state index in [1.54, 1.807) is 18.2 Å². The van der Waals surface area contributed by atoms with Gasteiger partial charge in [0.15, 0.2) is 11.6 Å². The van der Waals surface area contributed by atoms with Gasteiger partial charge in [-0.05, 0) is 13.0 Å². The molecule has 3 aromatic rings. The molecule has 3 heterocycles. The van der Waals surface area contributed by atoms with Crippen molar-refractivity contribution in [1.82, 2.24) is 29.7 Å². The molecule has 2 atom stereocenters. The Labute approximate surface area is 200 Å². The number of rotatable bonds is 11. The van der Waals surface area contributed by atoms with Crippen LogP contribution < -0.4 is 9.46 Å². The average Bonchev–Trinajstić information content (AvgIpc) is 3.24. The number of hydrogen-bond donors (Lipinski definition) is 3. The van der Waals surface area contributed by atoms with Crippen LogP contribution in [0.1, 0.15) is 24.9 Å². The van der Waals surface area contributed by atoms with E-state index in [-0.39, 0.29) is 22.6 Å². The fourth-order valence-electron chi connectivity index (χ4n) is 3.11. The zero-order chi connectivity index (χ0) is 24.9. The summed E-state index contributed by atoms with van der Waals surface area (Å²) in [5.74, 6) is 0.294. The predicted octanol–water partition coefficient (Wildman–Crippen LogP) is 0.836. The molecule has 0 radical (unpaired) electrons. The number of methoxy groups -OCH3 is 2. The summed E-state index contributed by atoms with van der Waals surface area (Å²) >= 11 is 5.81. The number of aliphatic hydroxyl groups is 2. The van der Waals surface area contributed by atoms with E-state index in [1.807, 2.05) is 0 Å². The lowest BCUT2D eigenvalue weighted by molar-refractivity contribution is 0.0950. The lowest BCUT2D eigenvalue weighted by Crippen LogP contribution is -2.34. The topological polar surface area (TPSA) is 174 Å². The van der Waals surface area contributed by atoms with Gasteiger partial charge >= 0.3 is 0 Å². The smallest absolute Gasteiger partial charge is 0.240 e. The van der Waals surface area contributed by atoms with E-state index >= 15 is 0 Å². The molecule has 0 amide bonds. The van der Waals surface area contributed by atoms with Crippen LogP contribution in [0.2, 0.25) is 5.02 Å². The van der Waals surface area contributed by atoms with Gasteiger partial charge in [-0.3, -0.25) is 9.29 Å². The van der Waals surface area contributed by atoms with Crippen molar-refractivity contribution in [3.63, 3.8) is 0 Å². The SMILES string of the molecule is COc1cccc(-c2nnc(NS(=O)(=O)[C@@H](C)[C@H](OC)c3ncc(Cl)cn3)n2C(CO)CO)n1. The maximum absolute atomic E-state index is 13.2. The van der Waals surface area contributed by atoms with Crippen LogP contribution in [-0.2, 0) is 14.8 Å². The van der Waals surface area contributed by atoms with Gasteiger partial charge in [0.1, 0.15) is 17.0 Å². The normalized spacial score (nSPS) is 13.6. The molecule has 0 aliphatic heterocycles. The summed E-state index contributed by atoms with van der Waals surface area (Å²) in [6, 6.07) is 3.93. The van der Waals surface area contributed by atoms with Gasteiger partial charge in [-0.2, -0.15) is 0 Å². The molecular weight excluding hydrogens is 490 g/mol. The first kappa shape index (κ1) is 25.7. The number of hydrogen-bond acceptors (Lipinski definition) is 11. The second-order valence-corrected chi connectivity index (χ2v) is 9.54. The average molecular weight is 514 g/mol. The minimum absolute atomic E-state index is 0.113. The number of anilines is 1. The fourth-order valence-corrected chi connectivity index (χ4v) is 4.35. The van der Waals surface area contributed by atoms with Crippen molar-refractivity contribution in [2.75, 3.05) is 32.2 Å². The Morgan fingerprint density at radius 1 is 1.15 bits per heavy atom. The third-order valence-electron chi connectivity index (χ3n) is 4.94. The number of pyridine rings is 1. The highest BCUT2D eigenvalue weighted by Gasteiger charge is 2.35. The molecule has 0 unspecified atom stereocenters. The molecule has 0 spiro atoms. The summed E-state index contributed by atoms with van der Waals surface area (Å²) < 4.78 is 40.5. The number of nitrogens with one attached hydrogen (secondary N) is 1. The van der Waals surface area contributed by atoms with Crippen LogP contribution in [0.15, 0.2) is 30.6 Å². The van der Waals surface area contributed by atoms with Crippen molar-refractivity contribution in [3.8, 4) is 17.4 Å². The molecule has 0 bridgehead atoms. The molecular formula is C19H24ClN7O6S. The molecule has 3 rings (SSSR count). The Morgan fingerprint density at radius 3 is 2.41 bits per heavy atom. The third-order valence-corrected chi connectivity index (χ3v) is 6.83. The molecule has 15 heteroatoms. The Bertz CT molecular complexity index is 1200. The fraction of sp³-hybridized carbons (Fsp3) is 0.421. The molecule has 0 aliphatic rings. The van der Waals surface area contributed by atoms with E-state index in [1.165, 1.54) is 38.1 Å². The van der Waals surface area contributed by atoms with E-state index in [9.17, 15) is 18.6 Å². The summed E-state index contributed by atoms with van der Waals surface area (Å²) in [7, 11) is -1.38. The van der Waals surface area contributed by atoms with Gasteiger partial charge in [-0.1, -0.05) is 17.7 Å². The molecule has 0 saturated carbocycles. The van der Waals surface area contributed by atoms with Crippen molar-refractivity contribution in [1.29, 1.82) is 0 Å². The van der Waals surface area contributed by atoms with E-state index in [4.69, 9.17) is 21.1 Å². The Kier molecular flexibility index (Phi) is 8.33. The van der Waals surface area contributed by atoms with Gasteiger partial charge in [0.25, 0.3) is 0 Å². The van der Waals surface area contributed by atoms with Crippen molar-refractivity contribution >= 4 is 27.6 Å². The Balaban J connectivity index is 2.00. The number of aliphatic hydroxyl groups excluding tert-OH is 2. The molecule has 13 nitrogen and oxygen atoms in total. The zero-order valence-electron chi connectivity index (χ0n) is 18.5. The standard InChI is InChI=1S/C19H24ClN7O6S/c1-11(16(33-3)17-21-7-12(20)8-22-17)34(30,31)26-19-25-24-18(27(19)13(9-28)10-29)14-5-4-6-15(23-14)32-2/h4-8,11,13,16,28-29H,9-10H2,1-3H3,(H,25,26)/t11-,16-/m0/s1. The van der Waals surface area contributed by atoms with Crippen molar-refractivity contribution in [2.24, 2.45) is 0 Å². The van der Waals surface area contributed by atoms with Gasteiger partial charge in [-0.25, -0.2) is 23.4 Å². The van der Waals surface area contributed by atoms with Crippen molar-refractivity contribution in [2.45, 2.75) is 24.3 Å². The summed E-state index contributed by atoms with van der Waals surface area (Å²) in [5.41, 5.74) is 0.293. The number of aromatic nitrogens is 6. The van der Waals surface area contributed by atoms with E-state index in [2.05, 4.69) is 29.9 Å². The second kappa shape index (κ2) is 11.0. The first-order valence-corrected chi connectivity index (χ1v) is 11.9.